The van der Waals surface area contributed by atoms with Gasteiger partial charge in [0.15, 0.2) is 0 Å². The molecule has 0 saturated carbocycles. The summed E-state index contributed by atoms with van der Waals surface area (Å²) >= 11 is 1.57. The third kappa shape index (κ3) is 6.25. The maximum absolute atomic E-state index is 12.4. The summed E-state index contributed by atoms with van der Waals surface area (Å²) in [5.41, 5.74) is 6.15. The zero-order valence-electron chi connectivity index (χ0n) is 14.5. The van der Waals surface area contributed by atoms with E-state index in [0.29, 0.717) is 24.7 Å². The fraction of sp³-hybridized carbons (Fsp3) is 0.529. The van der Waals surface area contributed by atoms with Crippen LogP contribution in [0.3, 0.4) is 0 Å². The van der Waals surface area contributed by atoms with Crippen LogP contribution in [-0.2, 0) is 16.0 Å². The molecule has 0 spiro atoms. The molecule has 3 heterocycles. The lowest BCUT2D eigenvalue weighted by molar-refractivity contribution is -0.133. The molecule has 0 aliphatic carbocycles. The molecule has 1 amide bonds. The van der Waals surface area contributed by atoms with Crippen molar-refractivity contribution in [2.45, 2.75) is 31.8 Å². The number of rotatable bonds is 7. The Bertz CT molecular complexity index is 643. The summed E-state index contributed by atoms with van der Waals surface area (Å²) < 4.78 is 11.2. The number of amides is 1. The number of hydrogen-bond donors (Lipinski definition) is 1. The summed E-state index contributed by atoms with van der Waals surface area (Å²) in [4.78, 5) is 19.7. The molecule has 2 N–H and O–H groups in total. The number of piperidine rings is 1. The number of carbonyl (C=O) groups is 1. The summed E-state index contributed by atoms with van der Waals surface area (Å²) in [6.07, 6.45) is 4.77. The van der Waals surface area contributed by atoms with Gasteiger partial charge in [0, 0.05) is 19.7 Å². The Labute approximate surface area is 169 Å². The molecule has 9 heteroatoms. The maximum Gasteiger partial charge on any atom is 0.236 e. The summed E-state index contributed by atoms with van der Waals surface area (Å²) in [5.74, 6) is 0.682. The van der Waals surface area contributed by atoms with E-state index in [1.54, 1.807) is 17.6 Å². The SMILES string of the molecule is Cl.Cl.NCCCOC1CCN(C(=O)Cc2coc(-c3cccs3)n2)CC1. The molecular weight excluding hydrogens is 397 g/mol. The third-order valence-electron chi connectivity index (χ3n) is 4.11. The number of ether oxygens (including phenoxy) is 1. The molecule has 0 radical (unpaired) electrons. The summed E-state index contributed by atoms with van der Waals surface area (Å²) in [5, 5.41) is 1.98. The van der Waals surface area contributed by atoms with Crippen molar-refractivity contribution >= 4 is 42.1 Å². The highest BCUT2D eigenvalue weighted by atomic mass is 35.5. The molecule has 26 heavy (non-hydrogen) atoms. The number of thiophene rings is 1. The fourth-order valence-corrected chi connectivity index (χ4v) is 3.43. The highest BCUT2D eigenvalue weighted by Gasteiger charge is 2.24. The van der Waals surface area contributed by atoms with Gasteiger partial charge in [-0.25, -0.2) is 4.98 Å². The molecule has 6 nitrogen and oxygen atoms in total. The van der Waals surface area contributed by atoms with Gasteiger partial charge < -0.3 is 19.8 Å². The molecule has 2 aromatic rings. The molecule has 0 atom stereocenters. The Kier molecular flexibility index (Phi) is 10.2. The normalized spacial score (nSPS) is 14.6. The Hall–Kier alpha value is -1.12. The number of oxazole rings is 1. The van der Waals surface area contributed by atoms with Crippen molar-refractivity contribution in [2.75, 3.05) is 26.2 Å². The van der Waals surface area contributed by atoms with Gasteiger partial charge in [0.25, 0.3) is 0 Å². The standard InChI is InChI=1S/C17H23N3O3S.2ClH/c18-6-2-9-22-14-4-7-20(8-5-14)16(21)11-13-12-23-17(19-13)15-3-1-10-24-15;;/h1,3,10,12,14H,2,4-9,11,18H2;2*1H. The van der Waals surface area contributed by atoms with Crippen LogP contribution in [-0.4, -0.2) is 48.1 Å². The van der Waals surface area contributed by atoms with Gasteiger partial charge in [-0.2, -0.15) is 0 Å². The average Bonchev–Trinajstić information content (AvgIpc) is 3.27. The lowest BCUT2D eigenvalue weighted by Gasteiger charge is -2.31. The van der Waals surface area contributed by atoms with Crippen molar-refractivity contribution < 1.29 is 13.9 Å². The predicted molar refractivity (Wildman–Crippen MR) is 107 cm³/mol. The fourth-order valence-electron chi connectivity index (χ4n) is 2.77. The second-order valence-electron chi connectivity index (χ2n) is 5.89. The summed E-state index contributed by atoms with van der Waals surface area (Å²) in [6, 6.07) is 3.91. The van der Waals surface area contributed by atoms with Crippen LogP contribution in [0.4, 0.5) is 0 Å². The second kappa shape index (κ2) is 11.6. The highest BCUT2D eigenvalue weighted by Crippen LogP contribution is 2.24. The van der Waals surface area contributed by atoms with Crippen molar-refractivity contribution in [1.82, 2.24) is 9.88 Å². The van der Waals surface area contributed by atoms with Crippen LogP contribution in [0.25, 0.3) is 10.8 Å². The van der Waals surface area contributed by atoms with E-state index >= 15 is 0 Å². The van der Waals surface area contributed by atoms with Gasteiger partial charge in [-0.1, -0.05) is 6.07 Å². The molecule has 0 aromatic carbocycles. The van der Waals surface area contributed by atoms with Crippen LogP contribution in [0.1, 0.15) is 25.0 Å². The van der Waals surface area contributed by atoms with Gasteiger partial charge in [-0.05, 0) is 37.3 Å². The maximum atomic E-state index is 12.4. The molecule has 3 rings (SSSR count). The minimum Gasteiger partial charge on any atom is -0.444 e. The van der Waals surface area contributed by atoms with E-state index in [1.807, 2.05) is 22.4 Å². The van der Waals surface area contributed by atoms with Crippen molar-refractivity contribution in [2.24, 2.45) is 5.73 Å². The van der Waals surface area contributed by atoms with Crippen molar-refractivity contribution in [3.63, 3.8) is 0 Å². The average molecular weight is 422 g/mol. The van der Waals surface area contributed by atoms with Crippen molar-refractivity contribution in [1.29, 1.82) is 0 Å². The summed E-state index contributed by atoms with van der Waals surface area (Å²) in [7, 11) is 0. The van der Waals surface area contributed by atoms with Gasteiger partial charge in [0.2, 0.25) is 11.8 Å². The molecule has 2 aromatic heterocycles. The molecule has 1 fully saturated rings. The topological polar surface area (TPSA) is 81.6 Å². The molecule has 146 valence electrons. The zero-order valence-corrected chi connectivity index (χ0v) is 16.9. The zero-order chi connectivity index (χ0) is 16.8. The van der Waals surface area contributed by atoms with Crippen LogP contribution >= 0.6 is 36.2 Å². The molecule has 0 unspecified atom stereocenters. The van der Waals surface area contributed by atoms with Crippen LogP contribution in [0.5, 0.6) is 0 Å². The van der Waals surface area contributed by atoms with Crippen LogP contribution < -0.4 is 5.73 Å². The largest absolute Gasteiger partial charge is 0.444 e. The minimum atomic E-state index is 0. The van der Waals surface area contributed by atoms with Crippen LogP contribution in [0.2, 0.25) is 0 Å². The van der Waals surface area contributed by atoms with E-state index in [1.165, 1.54) is 0 Å². The van der Waals surface area contributed by atoms with Gasteiger partial charge >= 0.3 is 0 Å². The van der Waals surface area contributed by atoms with Gasteiger partial charge in [-0.15, -0.1) is 36.2 Å². The first kappa shape index (κ1) is 22.9. The van der Waals surface area contributed by atoms with Gasteiger partial charge in [0.05, 0.1) is 23.1 Å². The Morgan fingerprint density at radius 1 is 1.38 bits per heavy atom. The Morgan fingerprint density at radius 2 is 2.15 bits per heavy atom. The van der Waals surface area contributed by atoms with E-state index < -0.39 is 0 Å². The second-order valence-corrected chi connectivity index (χ2v) is 6.84. The molecule has 0 bridgehead atoms. The molecule has 1 saturated heterocycles. The first-order valence-electron chi connectivity index (χ1n) is 8.34. The van der Waals surface area contributed by atoms with Crippen LogP contribution in [0, 0.1) is 0 Å². The number of aromatic nitrogens is 1. The van der Waals surface area contributed by atoms with Crippen LogP contribution in [0.15, 0.2) is 28.2 Å². The van der Waals surface area contributed by atoms with E-state index in [9.17, 15) is 4.79 Å². The van der Waals surface area contributed by atoms with E-state index in [0.717, 1.165) is 37.2 Å². The van der Waals surface area contributed by atoms with Crippen molar-refractivity contribution in [3.05, 3.63) is 29.5 Å². The smallest absolute Gasteiger partial charge is 0.236 e. The quantitative estimate of drug-likeness (QED) is 0.694. The molecular formula is C17H25Cl2N3O3S. The number of carbonyl (C=O) groups excluding carboxylic acids is 1. The first-order valence-corrected chi connectivity index (χ1v) is 9.22. The lowest BCUT2D eigenvalue weighted by Crippen LogP contribution is -2.41. The Balaban J connectivity index is 0.00000169. The predicted octanol–water partition coefficient (Wildman–Crippen LogP) is 3.15. The molecule has 1 aliphatic rings. The van der Waals surface area contributed by atoms with E-state index in [2.05, 4.69) is 4.98 Å². The van der Waals surface area contributed by atoms with E-state index in [-0.39, 0.29) is 43.2 Å². The monoisotopic (exact) mass is 421 g/mol. The number of likely N-dealkylation sites (tertiary alicyclic amines) is 1. The minimum absolute atomic E-state index is 0. The number of nitrogens with zero attached hydrogens (tertiary/aromatic N) is 2. The third-order valence-corrected chi connectivity index (χ3v) is 4.97. The van der Waals surface area contributed by atoms with Crippen molar-refractivity contribution in [3.8, 4) is 10.8 Å². The summed E-state index contributed by atoms with van der Waals surface area (Å²) in [6.45, 7) is 2.84. The first-order chi connectivity index (χ1) is 11.8. The number of hydrogen-bond acceptors (Lipinski definition) is 6. The van der Waals surface area contributed by atoms with Gasteiger partial charge in [-0.3, -0.25) is 4.79 Å². The molecule has 1 aliphatic heterocycles. The van der Waals surface area contributed by atoms with E-state index in [4.69, 9.17) is 14.9 Å². The highest BCUT2D eigenvalue weighted by molar-refractivity contribution is 7.13. The van der Waals surface area contributed by atoms with Gasteiger partial charge in [0.1, 0.15) is 6.26 Å². The number of halogens is 2. The lowest BCUT2D eigenvalue weighted by atomic mass is 10.1. The Morgan fingerprint density at radius 3 is 2.81 bits per heavy atom. The number of nitrogens with two attached hydrogens (primary N) is 1.